The topological polar surface area (TPSA) is 72.2 Å². The van der Waals surface area contributed by atoms with E-state index in [4.69, 9.17) is 5.73 Å². The lowest BCUT2D eigenvalue weighted by atomic mass is 10.3. The molecular formula is C8H10BrFN2O2S. The molecule has 0 aromatic heterocycles. The highest BCUT2D eigenvalue weighted by molar-refractivity contribution is 9.10. The Morgan fingerprint density at radius 2 is 2.13 bits per heavy atom. The molecule has 7 heteroatoms. The number of sulfonamides is 1. The van der Waals surface area contributed by atoms with Gasteiger partial charge in [-0.25, -0.2) is 17.5 Å². The first-order chi connectivity index (χ1) is 6.88. The second-order valence-corrected chi connectivity index (χ2v) is 5.40. The van der Waals surface area contributed by atoms with E-state index in [0.29, 0.717) is 0 Å². The van der Waals surface area contributed by atoms with Crippen LogP contribution in [-0.4, -0.2) is 15.0 Å². The molecule has 0 atom stereocenters. The first-order valence-corrected chi connectivity index (χ1v) is 6.40. The first-order valence-electron chi connectivity index (χ1n) is 4.12. The third kappa shape index (κ3) is 2.67. The minimum Gasteiger partial charge on any atom is -0.398 e. The first kappa shape index (κ1) is 12.4. The minimum absolute atomic E-state index is 0.0631. The molecular weight excluding hydrogens is 287 g/mol. The number of halogens is 2. The van der Waals surface area contributed by atoms with Crippen LogP contribution in [0.1, 0.15) is 6.92 Å². The number of hydrogen-bond donors (Lipinski definition) is 2. The molecule has 1 aromatic carbocycles. The van der Waals surface area contributed by atoms with E-state index in [2.05, 4.69) is 20.7 Å². The molecule has 84 valence electrons. The van der Waals surface area contributed by atoms with Gasteiger partial charge in [0.1, 0.15) is 10.7 Å². The summed E-state index contributed by atoms with van der Waals surface area (Å²) >= 11 is 2.90. The van der Waals surface area contributed by atoms with E-state index in [9.17, 15) is 12.8 Å². The fraction of sp³-hybridized carbons (Fsp3) is 0.250. The van der Waals surface area contributed by atoms with Gasteiger partial charge in [-0.15, -0.1) is 0 Å². The van der Waals surface area contributed by atoms with Crippen LogP contribution in [0.2, 0.25) is 0 Å². The number of benzene rings is 1. The van der Waals surface area contributed by atoms with Crippen LogP contribution >= 0.6 is 15.9 Å². The van der Waals surface area contributed by atoms with Gasteiger partial charge < -0.3 is 5.73 Å². The molecule has 0 radical (unpaired) electrons. The van der Waals surface area contributed by atoms with E-state index in [0.717, 1.165) is 12.1 Å². The van der Waals surface area contributed by atoms with Crippen molar-refractivity contribution in [1.29, 1.82) is 0 Å². The van der Waals surface area contributed by atoms with Crippen LogP contribution in [0, 0.1) is 5.82 Å². The summed E-state index contributed by atoms with van der Waals surface area (Å²) in [4.78, 5) is -0.127. The predicted octanol–water partition coefficient (Wildman–Crippen LogP) is 1.47. The molecule has 1 rings (SSSR count). The van der Waals surface area contributed by atoms with Crippen molar-refractivity contribution >= 4 is 31.6 Å². The summed E-state index contributed by atoms with van der Waals surface area (Å²) in [6.07, 6.45) is 0. The Morgan fingerprint density at radius 1 is 1.53 bits per heavy atom. The lowest BCUT2D eigenvalue weighted by molar-refractivity contribution is 0.583. The van der Waals surface area contributed by atoms with Crippen LogP contribution in [0.3, 0.4) is 0 Å². The number of hydrogen-bond acceptors (Lipinski definition) is 3. The zero-order chi connectivity index (χ0) is 11.6. The zero-order valence-corrected chi connectivity index (χ0v) is 10.3. The molecule has 15 heavy (non-hydrogen) atoms. The predicted molar refractivity (Wildman–Crippen MR) is 59.4 cm³/mol. The molecule has 0 fully saturated rings. The third-order valence-corrected chi connectivity index (χ3v) is 3.89. The van der Waals surface area contributed by atoms with Crippen molar-refractivity contribution in [2.75, 3.05) is 12.3 Å². The smallest absolute Gasteiger partial charge is 0.242 e. The highest BCUT2D eigenvalue weighted by Gasteiger charge is 2.18. The summed E-state index contributed by atoms with van der Waals surface area (Å²) < 4.78 is 38.5. The summed E-state index contributed by atoms with van der Waals surface area (Å²) in [5.74, 6) is -0.594. The highest BCUT2D eigenvalue weighted by atomic mass is 79.9. The molecule has 0 saturated carbocycles. The number of rotatable bonds is 3. The van der Waals surface area contributed by atoms with Crippen LogP contribution in [0.15, 0.2) is 21.5 Å². The van der Waals surface area contributed by atoms with Crippen molar-refractivity contribution in [3.8, 4) is 0 Å². The van der Waals surface area contributed by atoms with Gasteiger partial charge in [-0.2, -0.15) is 0 Å². The van der Waals surface area contributed by atoms with E-state index < -0.39 is 15.8 Å². The molecule has 1 aromatic rings. The van der Waals surface area contributed by atoms with Gasteiger partial charge in [-0.05, 0) is 28.1 Å². The SMILES string of the molecule is CCNS(=O)(=O)c1cc(Br)c(F)cc1N. The summed E-state index contributed by atoms with van der Waals surface area (Å²) in [5.41, 5.74) is 5.31. The van der Waals surface area contributed by atoms with Gasteiger partial charge in [0.25, 0.3) is 0 Å². The number of nitrogen functional groups attached to an aromatic ring is 1. The average Bonchev–Trinajstić information content (AvgIpc) is 2.11. The summed E-state index contributed by atoms with van der Waals surface area (Å²) in [6.45, 7) is 1.89. The highest BCUT2D eigenvalue weighted by Crippen LogP contribution is 2.25. The number of nitrogens with two attached hydrogens (primary N) is 1. The Labute approximate surface area is 95.8 Å². The third-order valence-electron chi connectivity index (χ3n) is 1.68. The van der Waals surface area contributed by atoms with E-state index in [1.165, 1.54) is 0 Å². The molecule has 0 unspecified atom stereocenters. The Bertz CT molecular complexity index is 476. The van der Waals surface area contributed by atoms with Crippen molar-refractivity contribution in [3.63, 3.8) is 0 Å². The molecule has 0 saturated heterocycles. The molecule has 0 aliphatic rings. The Balaban J connectivity index is 3.33. The van der Waals surface area contributed by atoms with Gasteiger partial charge in [0, 0.05) is 6.54 Å². The van der Waals surface area contributed by atoms with E-state index in [-0.39, 0.29) is 21.6 Å². The molecule has 3 N–H and O–H groups in total. The fourth-order valence-corrected chi connectivity index (χ4v) is 2.72. The Hall–Kier alpha value is -0.660. The van der Waals surface area contributed by atoms with Gasteiger partial charge >= 0.3 is 0 Å². The molecule has 0 bridgehead atoms. The summed E-state index contributed by atoms with van der Waals surface area (Å²) in [5, 5.41) is 0. The zero-order valence-electron chi connectivity index (χ0n) is 7.92. The monoisotopic (exact) mass is 296 g/mol. The maximum absolute atomic E-state index is 13.0. The molecule has 0 amide bonds. The fourth-order valence-electron chi connectivity index (χ4n) is 1.04. The second kappa shape index (κ2) is 4.46. The summed E-state index contributed by atoms with van der Waals surface area (Å²) in [7, 11) is -3.65. The number of anilines is 1. The Morgan fingerprint density at radius 3 is 2.67 bits per heavy atom. The maximum Gasteiger partial charge on any atom is 0.242 e. The van der Waals surface area contributed by atoms with Crippen LogP contribution in [0.4, 0.5) is 10.1 Å². The van der Waals surface area contributed by atoms with Crippen LogP contribution < -0.4 is 10.5 Å². The van der Waals surface area contributed by atoms with Crippen LogP contribution in [0.25, 0.3) is 0 Å². The minimum atomic E-state index is -3.65. The molecule has 0 aliphatic carbocycles. The Kier molecular flexibility index (Phi) is 3.69. The van der Waals surface area contributed by atoms with Crippen molar-refractivity contribution in [3.05, 3.63) is 22.4 Å². The van der Waals surface area contributed by atoms with Gasteiger partial charge in [0.05, 0.1) is 10.2 Å². The standard InChI is InChI=1S/C8H10BrFN2O2S/c1-2-12-15(13,14)8-3-5(9)6(10)4-7(8)11/h3-4,12H,2,11H2,1H3. The lowest BCUT2D eigenvalue weighted by Gasteiger charge is -2.08. The van der Waals surface area contributed by atoms with Crippen molar-refractivity contribution in [2.24, 2.45) is 0 Å². The van der Waals surface area contributed by atoms with E-state index in [1.54, 1.807) is 6.92 Å². The largest absolute Gasteiger partial charge is 0.398 e. The van der Waals surface area contributed by atoms with E-state index >= 15 is 0 Å². The van der Waals surface area contributed by atoms with E-state index in [1.807, 2.05) is 0 Å². The molecule has 0 heterocycles. The maximum atomic E-state index is 13.0. The number of nitrogens with one attached hydrogen (secondary N) is 1. The molecule has 4 nitrogen and oxygen atoms in total. The van der Waals surface area contributed by atoms with Crippen LogP contribution in [0.5, 0.6) is 0 Å². The van der Waals surface area contributed by atoms with Crippen LogP contribution in [-0.2, 0) is 10.0 Å². The van der Waals surface area contributed by atoms with Crippen molar-refractivity contribution < 1.29 is 12.8 Å². The van der Waals surface area contributed by atoms with Crippen molar-refractivity contribution in [1.82, 2.24) is 4.72 Å². The van der Waals surface area contributed by atoms with Crippen molar-refractivity contribution in [2.45, 2.75) is 11.8 Å². The average molecular weight is 297 g/mol. The second-order valence-electron chi connectivity index (χ2n) is 2.81. The summed E-state index contributed by atoms with van der Waals surface area (Å²) in [6, 6.07) is 2.11. The molecule has 0 aliphatic heterocycles. The molecule has 0 spiro atoms. The van der Waals surface area contributed by atoms with Gasteiger partial charge in [0.2, 0.25) is 10.0 Å². The van der Waals surface area contributed by atoms with Gasteiger partial charge in [-0.3, -0.25) is 0 Å². The quantitative estimate of drug-likeness (QED) is 0.830. The normalized spacial score (nSPS) is 11.7. The lowest BCUT2D eigenvalue weighted by Crippen LogP contribution is -2.24. The van der Waals surface area contributed by atoms with Gasteiger partial charge in [-0.1, -0.05) is 6.92 Å². The van der Waals surface area contributed by atoms with Gasteiger partial charge in [0.15, 0.2) is 0 Å².